The number of rotatable bonds is 3. The number of aryl methyl sites for hydroxylation is 1. The summed E-state index contributed by atoms with van der Waals surface area (Å²) < 4.78 is 45.6. The molecule has 2 saturated heterocycles. The highest BCUT2D eigenvalue weighted by molar-refractivity contribution is 5.89. The van der Waals surface area contributed by atoms with Crippen molar-refractivity contribution in [2.75, 3.05) is 67.6 Å². The van der Waals surface area contributed by atoms with E-state index >= 15 is 0 Å². The Morgan fingerprint density at radius 2 is 1.68 bits per heavy atom. The molecule has 2 aliphatic heterocycles. The molecule has 31 heavy (non-hydrogen) atoms. The molecule has 0 atom stereocenters. The predicted molar refractivity (Wildman–Crippen MR) is 109 cm³/mol. The third-order valence-corrected chi connectivity index (χ3v) is 5.29. The minimum absolute atomic E-state index is 0.368. The van der Waals surface area contributed by atoms with Crippen LogP contribution in [0.3, 0.4) is 0 Å². The number of carbonyl (C=O) groups is 1. The van der Waals surface area contributed by atoms with E-state index in [-0.39, 0.29) is 0 Å². The molecule has 0 aliphatic carbocycles. The van der Waals surface area contributed by atoms with Crippen LogP contribution in [0.5, 0.6) is 0 Å². The molecule has 1 N–H and O–H groups in total. The molecular weight excluding hydrogens is 413 g/mol. The number of nitrogens with zero attached hydrogens (tertiary/aromatic N) is 5. The Hall–Kier alpha value is -3.08. The molecule has 0 spiro atoms. The zero-order chi connectivity index (χ0) is 22.0. The molecule has 2 aromatic rings. The van der Waals surface area contributed by atoms with Crippen molar-refractivity contribution < 1.29 is 22.7 Å². The standard InChI is InChI=1S/C20H23F3N6O2/c1-13-12-16(26-19(24-13)28-8-10-31-11-9-28)27-4-6-29(7-5-27)20(30)25-15-3-2-14(21)17(22)18(15)23/h2-3,12H,4-11H2,1H3,(H,25,30). The Balaban J connectivity index is 1.39. The van der Waals surface area contributed by atoms with Crippen molar-refractivity contribution in [3.8, 4) is 0 Å². The third kappa shape index (κ3) is 4.66. The summed E-state index contributed by atoms with van der Waals surface area (Å²) in [6.07, 6.45) is 0. The maximum absolute atomic E-state index is 13.8. The van der Waals surface area contributed by atoms with E-state index in [1.807, 2.05) is 13.0 Å². The lowest BCUT2D eigenvalue weighted by Gasteiger charge is -2.36. The monoisotopic (exact) mass is 436 g/mol. The smallest absolute Gasteiger partial charge is 0.322 e. The SMILES string of the molecule is Cc1cc(N2CCN(C(=O)Nc3ccc(F)c(F)c3F)CC2)nc(N2CCOCC2)n1. The van der Waals surface area contributed by atoms with Crippen molar-refractivity contribution in [3.05, 3.63) is 41.3 Å². The average Bonchev–Trinajstić information content (AvgIpc) is 2.79. The highest BCUT2D eigenvalue weighted by atomic mass is 19.2. The number of benzene rings is 1. The fraction of sp³-hybridized carbons (Fsp3) is 0.450. The lowest BCUT2D eigenvalue weighted by molar-refractivity contribution is 0.122. The first kappa shape index (κ1) is 21.2. The maximum Gasteiger partial charge on any atom is 0.322 e. The molecule has 11 heteroatoms. The lowest BCUT2D eigenvalue weighted by atomic mass is 10.2. The zero-order valence-electron chi connectivity index (χ0n) is 17.1. The van der Waals surface area contributed by atoms with Crippen LogP contribution in [0.15, 0.2) is 18.2 Å². The second-order valence-corrected chi connectivity index (χ2v) is 7.39. The second kappa shape index (κ2) is 8.96. The summed E-state index contributed by atoms with van der Waals surface area (Å²) >= 11 is 0. The number of hydrogen-bond donors (Lipinski definition) is 1. The number of ether oxygens (including phenoxy) is 1. The van der Waals surface area contributed by atoms with Gasteiger partial charge in [0, 0.05) is 51.0 Å². The van der Waals surface area contributed by atoms with E-state index in [0.29, 0.717) is 45.3 Å². The van der Waals surface area contributed by atoms with Gasteiger partial charge in [0.25, 0.3) is 0 Å². The van der Waals surface area contributed by atoms with Gasteiger partial charge < -0.3 is 24.8 Å². The van der Waals surface area contributed by atoms with Gasteiger partial charge in [0.2, 0.25) is 5.95 Å². The number of aromatic nitrogens is 2. The number of nitrogens with one attached hydrogen (secondary N) is 1. The summed E-state index contributed by atoms with van der Waals surface area (Å²) in [4.78, 5) is 27.3. The van der Waals surface area contributed by atoms with E-state index in [1.165, 1.54) is 4.90 Å². The molecule has 8 nitrogen and oxygen atoms in total. The first-order valence-corrected chi connectivity index (χ1v) is 10.0. The van der Waals surface area contributed by atoms with Gasteiger partial charge in [0.05, 0.1) is 18.9 Å². The number of amides is 2. The van der Waals surface area contributed by atoms with Crippen molar-refractivity contribution in [1.82, 2.24) is 14.9 Å². The van der Waals surface area contributed by atoms with Gasteiger partial charge in [-0.3, -0.25) is 0 Å². The molecule has 2 aliphatic rings. The molecular formula is C20H23F3N6O2. The van der Waals surface area contributed by atoms with Crippen molar-refractivity contribution in [2.24, 2.45) is 0 Å². The van der Waals surface area contributed by atoms with Gasteiger partial charge in [-0.25, -0.2) is 22.9 Å². The van der Waals surface area contributed by atoms with Crippen LogP contribution < -0.4 is 15.1 Å². The molecule has 4 rings (SSSR count). The number of anilines is 3. The summed E-state index contributed by atoms with van der Waals surface area (Å²) in [7, 11) is 0. The summed E-state index contributed by atoms with van der Waals surface area (Å²) in [6.45, 7) is 6.43. The lowest BCUT2D eigenvalue weighted by Crippen LogP contribution is -2.50. The van der Waals surface area contributed by atoms with Gasteiger partial charge in [0.15, 0.2) is 17.5 Å². The van der Waals surface area contributed by atoms with E-state index in [1.54, 1.807) is 0 Å². The predicted octanol–water partition coefficient (Wildman–Crippen LogP) is 2.39. The number of piperazine rings is 1. The van der Waals surface area contributed by atoms with E-state index < -0.39 is 29.2 Å². The largest absolute Gasteiger partial charge is 0.378 e. The molecule has 1 aromatic heterocycles. The maximum atomic E-state index is 13.8. The van der Waals surface area contributed by atoms with Crippen LogP contribution >= 0.6 is 0 Å². The molecule has 2 amide bonds. The summed E-state index contributed by atoms with van der Waals surface area (Å²) in [5.41, 5.74) is 0.452. The minimum Gasteiger partial charge on any atom is -0.378 e. The van der Waals surface area contributed by atoms with Crippen LogP contribution in [0.4, 0.5) is 35.4 Å². The van der Waals surface area contributed by atoms with Gasteiger partial charge in [-0.2, -0.15) is 4.98 Å². The van der Waals surface area contributed by atoms with Crippen molar-refractivity contribution in [2.45, 2.75) is 6.92 Å². The molecule has 166 valence electrons. The number of urea groups is 1. The highest BCUT2D eigenvalue weighted by Crippen LogP contribution is 2.22. The molecule has 1 aromatic carbocycles. The quantitative estimate of drug-likeness (QED) is 0.745. The number of morpholine rings is 1. The topological polar surface area (TPSA) is 73.8 Å². The van der Waals surface area contributed by atoms with Gasteiger partial charge in [0.1, 0.15) is 5.82 Å². The highest BCUT2D eigenvalue weighted by Gasteiger charge is 2.25. The zero-order valence-corrected chi connectivity index (χ0v) is 17.1. The first-order valence-electron chi connectivity index (χ1n) is 10.0. The average molecular weight is 436 g/mol. The molecule has 0 bridgehead atoms. The molecule has 0 unspecified atom stereocenters. The van der Waals surface area contributed by atoms with E-state index in [4.69, 9.17) is 4.74 Å². The molecule has 3 heterocycles. The fourth-order valence-electron chi connectivity index (χ4n) is 3.56. The first-order chi connectivity index (χ1) is 14.9. The molecule has 0 radical (unpaired) electrons. The van der Waals surface area contributed by atoms with Crippen LogP contribution in [0.25, 0.3) is 0 Å². The summed E-state index contributed by atoms with van der Waals surface area (Å²) in [6, 6.07) is 3.10. The summed E-state index contributed by atoms with van der Waals surface area (Å²) in [5.74, 6) is -2.90. The van der Waals surface area contributed by atoms with Gasteiger partial charge in [-0.1, -0.05) is 0 Å². The third-order valence-electron chi connectivity index (χ3n) is 5.29. The Labute approximate surface area is 177 Å². The van der Waals surface area contributed by atoms with Crippen molar-refractivity contribution in [3.63, 3.8) is 0 Å². The Bertz CT molecular complexity index is 962. The van der Waals surface area contributed by atoms with Gasteiger partial charge in [-0.05, 0) is 19.1 Å². The molecule has 2 fully saturated rings. The Morgan fingerprint density at radius 3 is 2.39 bits per heavy atom. The van der Waals surface area contributed by atoms with Crippen LogP contribution in [0, 0.1) is 24.4 Å². The normalized spacial score (nSPS) is 17.1. The Kier molecular flexibility index (Phi) is 6.12. The van der Waals surface area contributed by atoms with Crippen LogP contribution in [-0.2, 0) is 4.74 Å². The number of hydrogen-bond acceptors (Lipinski definition) is 6. The van der Waals surface area contributed by atoms with Crippen LogP contribution in [0.1, 0.15) is 5.69 Å². The van der Waals surface area contributed by atoms with Gasteiger partial charge in [-0.15, -0.1) is 0 Å². The fourth-order valence-corrected chi connectivity index (χ4v) is 3.56. The van der Waals surface area contributed by atoms with Crippen molar-refractivity contribution in [1.29, 1.82) is 0 Å². The molecule has 0 saturated carbocycles. The van der Waals surface area contributed by atoms with E-state index in [9.17, 15) is 18.0 Å². The second-order valence-electron chi connectivity index (χ2n) is 7.39. The van der Waals surface area contributed by atoms with Crippen molar-refractivity contribution >= 4 is 23.5 Å². The minimum atomic E-state index is -1.61. The van der Waals surface area contributed by atoms with E-state index in [2.05, 4.69) is 25.1 Å². The summed E-state index contributed by atoms with van der Waals surface area (Å²) in [5, 5.41) is 2.31. The number of carbonyl (C=O) groups excluding carboxylic acids is 1. The Morgan fingerprint density at radius 1 is 0.968 bits per heavy atom. The number of halogens is 3. The van der Waals surface area contributed by atoms with Gasteiger partial charge >= 0.3 is 6.03 Å². The van der Waals surface area contributed by atoms with E-state index in [0.717, 1.165) is 36.7 Å². The van der Waals surface area contributed by atoms with Crippen LogP contribution in [-0.4, -0.2) is 73.4 Å². The van der Waals surface area contributed by atoms with Crippen LogP contribution in [0.2, 0.25) is 0 Å².